The summed E-state index contributed by atoms with van der Waals surface area (Å²) >= 11 is 0. The Morgan fingerprint density at radius 1 is 1.33 bits per heavy atom. The Labute approximate surface area is 121 Å². The molecule has 0 amide bonds. The topological polar surface area (TPSA) is 74.8 Å². The summed E-state index contributed by atoms with van der Waals surface area (Å²) in [4.78, 5) is 6.61. The highest BCUT2D eigenvalue weighted by molar-refractivity contribution is 7.89. The van der Waals surface area contributed by atoms with Crippen molar-refractivity contribution in [3.63, 3.8) is 0 Å². The number of aromatic amines is 1. The van der Waals surface area contributed by atoms with Crippen LogP contribution in [0.5, 0.6) is 0 Å². The van der Waals surface area contributed by atoms with Gasteiger partial charge >= 0.3 is 0 Å². The van der Waals surface area contributed by atoms with Crippen LogP contribution in [0.3, 0.4) is 0 Å². The number of aromatic nitrogens is 2. The Hall–Kier alpha value is -1.80. The molecule has 0 aliphatic rings. The third-order valence-corrected chi connectivity index (χ3v) is 4.46. The molecule has 1 atom stereocenters. The zero-order valence-electron chi connectivity index (χ0n) is 11.5. The fourth-order valence-corrected chi connectivity index (χ4v) is 2.98. The van der Waals surface area contributed by atoms with Gasteiger partial charge in [-0.05, 0) is 24.6 Å². The average molecular weight is 315 g/mol. The number of rotatable bonds is 5. The Bertz CT molecular complexity index is 744. The third kappa shape index (κ3) is 3.45. The van der Waals surface area contributed by atoms with Gasteiger partial charge in [-0.2, -0.15) is 0 Å². The number of benzene rings is 1. The summed E-state index contributed by atoms with van der Waals surface area (Å²) in [6.07, 6.45) is 1.80. The smallest absolute Gasteiger partial charge is 0.258 e. The van der Waals surface area contributed by atoms with E-state index in [0.717, 1.165) is 12.1 Å². The van der Waals surface area contributed by atoms with Crippen LogP contribution in [0.4, 0.5) is 8.78 Å². The third-order valence-electron chi connectivity index (χ3n) is 3.01. The molecular weight excluding hydrogens is 300 g/mol. The molecule has 0 bridgehead atoms. The highest BCUT2D eigenvalue weighted by Gasteiger charge is 2.21. The van der Waals surface area contributed by atoms with Gasteiger partial charge in [-0.1, -0.05) is 13.0 Å². The van der Waals surface area contributed by atoms with E-state index in [2.05, 4.69) is 14.7 Å². The van der Waals surface area contributed by atoms with Crippen molar-refractivity contribution in [1.82, 2.24) is 14.7 Å². The fraction of sp³-hybridized carbons (Fsp3) is 0.308. The average Bonchev–Trinajstić information content (AvgIpc) is 2.91. The second-order valence-corrected chi connectivity index (χ2v) is 6.25. The lowest BCUT2D eigenvalue weighted by molar-refractivity contribution is 0.504. The molecule has 8 heteroatoms. The zero-order valence-corrected chi connectivity index (χ0v) is 12.3. The Morgan fingerprint density at radius 3 is 2.62 bits per heavy atom. The van der Waals surface area contributed by atoms with Gasteiger partial charge < -0.3 is 4.98 Å². The molecule has 21 heavy (non-hydrogen) atoms. The molecule has 0 saturated heterocycles. The number of nitrogens with one attached hydrogen (secondary N) is 2. The highest BCUT2D eigenvalue weighted by atomic mass is 32.2. The van der Waals surface area contributed by atoms with Crippen LogP contribution in [0.15, 0.2) is 29.4 Å². The van der Waals surface area contributed by atoms with Crippen molar-refractivity contribution in [2.24, 2.45) is 0 Å². The second-order valence-electron chi connectivity index (χ2n) is 4.56. The lowest BCUT2D eigenvalue weighted by Gasteiger charge is -2.14. The van der Waals surface area contributed by atoms with E-state index in [1.807, 2.05) is 6.92 Å². The molecule has 0 fully saturated rings. The maximum Gasteiger partial charge on any atom is 0.258 e. The molecule has 1 heterocycles. The van der Waals surface area contributed by atoms with Gasteiger partial charge in [-0.3, -0.25) is 0 Å². The molecule has 5 nitrogen and oxygen atoms in total. The monoisotopic (exact) mass is 315 g/mol. The van der Waals surface area contributed by atoms with Gasteiger partial charge in [-0.25, -0.2) is 26.9 Å². The fourth-order valence-electron chi connectivity index (χ4n) is 1.81. The number of aryl methyl sites for hydroxylation is 1. The molecule has 1 aromatic carbocycles. The van der Waals surface area contributed by atoms with Gasteiger partial charge in [0.15, 0.2) is 16.7 Å². The van der Waals surface area contributed by atoms with Crippen molar-refractivity contribution < 1.29 is 17.2 Å². The highest BCUT2D eigenvalue weighted by Crippen LogP contribution is 2.18. The number of hydrogen-bond acceptors (Lipinski definition) is 3. The van der Waals surface area contributed by atoms with E-state index < -0.39 is 27.7 Å². The lowest BCUT2D eigenvalue weighted by Crippen LogP contribution is -2.27. The van der Waals surface area contributed by atoms with Crippen LogP contribution in [0.1, 0.15) is 31.3 Å². The van der Waals surface area contributed by atoms with Crippen LogP contribution in [0.2, 0.25) is 0 Å². The van der Waals surface area contributed by atoms with Gasteiger partial charge in [0, 0.05) is 12.5 Å². The molecule has 1 unspecified atom stereocenters. The Balaban J connectivity index is 2.21. The number of imidazole rings is 1. The molecule has 0 radical (unpaired) electrons. The predicted molar refractivity (Wildman–Crippen MR) is 73.1 cm³/mol. The first-order valence-corrected chi connectivity index (χ1v) is 7.83. The van der Waals surface area contributed by atoms with Crippen LogP contribution in [0, 0.1) is 11.6 Å². The summed E-state index contributed by atoms with van der Waals surface area (Å²) < 4.78 is 52.7. The van der Waals surface area contributed by atoms with E-state index in [0.29, 0.717) is 17.8 Å². The molecule has 0 aliphatic heterocycles. The molecule has 0 spiro atoms. The first-order chi connectivity index (χ1) is 9.83. The number of halogens is 2. The molecule has 114 valence electrons. The van der Waals surface area contributed by atoms with Crippen LogP contribution in [0.25, 0.3) is 0 Å². The molecule has 0 aliphatic carbocycles. The van der Waals surface area contributed by atoms with Gasteiger partial charge in [0.1, 0.15) is 5.82 Å². The number of hydrogen-bond donors (Lipinski definition) is 2. The van der Waals surface area contributed by atoms with E-state index in [4.69, 9.17) is 0 Å². The molecule has 2 rings (SSSR count). The van der Waals surface area contributed by atoms with E-state index in [-0.39, 0.29) is 5.03 Å². The van der Waals surface area contributed by atoms with Gasteiger partial charge in [0.05, 0.1) is 6.20 Å². The Morgan fingerprint density at radius 2 is 2.05 bits per heavy atom. The first kappa shape index (κ1) is 15.6. The SMILES string of the molecule is CCc1ncc(S(=O)(=O)NC(C)c2ccc(F)c(F)c2)[nH]1. The molecular formula is C13H15F2N3O2S. The molecule has 1 aromatic heterocycles. The van der Waals surface area contributed by atoms with Crippen molar-refractivity contribution in [2.45, 2.75) is 31.3 Å². The maximum absolute atomic E-state index is 13.2. The minimum absolute atomic E-state index is 0.0613. The normalized spacial score (nSPS) is 13.3. The van der Waals surface area contributed by atoms with E-state index >= 15 is 0 Å². The first-order valence-electron chi connectivity index (χ1n) is 6.34. The van der Waals surface area contributed by atoms with Crippen molar-refractivity contribution in [1.29, 1.82) is 0 Å². The van der Waals surface area contributed by atoms with E-state index in [1.54, 1.807) is 6.92 Å². The largest absolute Gasteiger partial charge is 0.332 e. The zero-order chi connectivity index (χ0) is 15.6. The van der Waals surface area contributed by atoms with Gasteiger partial charge in [0.2, 0.25) is 0 Å². The Kier molecular flexibility index (Phi) is 4.38. The minimum Gasteiger partial charge on any atom is -0.332 e. The molecule has 2 aromatic rings. The van der Waals surface area contributed by atoms with E-state index in [9.17, 15) is 17.2 Å². The summed E-state index contributed by atoms with van der Waals surface area (Å²) in [5.74, 6) is -1.45. The number of nitrogens with zero attached hydrogens (tertiary/aromatic N) is 1. The van der Waals surface area contributed by atoms with Crippen molar-refractivity contribution >= 4 is 10.0 Å². The van der Waals surface area contributed by atoms with E-state index in [1.165, 1.54) is 12.3 Å². The summed E-state index contributed by atoms with van der Waals surface area (Å²) in [6.45, 7) is 3.38. The van der Waals surface area contributed by atoms with Gasteiger partial charge in [-0.15, -0.1) is 0 Å². The van der Waals surface area contributed by atoms with Gasteiger partial charge in [0.25, 0.3) is 10.0 Å². The minimum atomic E-state index is -3.80. The lowest BCUT2D eigenvalue weighted by atomic mass is 10.1. The second kappa shape index (κ2) is 5.90. The van der Waals surface area contributed by atoms with Crippen LogP contribution < -0.4 is 4.72 Å². The standard InChI is InChI=1S/C13H15F2N3O2S/c1-3-12-16-7-13(17-12)21(19,20)18-8(2)9-4-5-10(14)11(15)6-9/h4-8,18H,3H2,1-2H3,(H,16,17). The predicted octanol–water partition coefficient (Wildman–Crippen LogP) is 2.29. The summed E-state index contributed by atoms with van der Waals surface area (Å²) in [5, 5.41) is -0.0613. The van der Waals surface area contributed by atoms with Crippen molar-refractivity contribution in [3.05, 3.63) is 47.4 Å². The van der Waals surface area contributed by atoms with Crippen LogP contribution >= 0.6 is 0 Å². The molecule has 2 N–H and O–H groups in total. The summed E-state index contributed by atoms with van der Waals surface area (Å²) in [5.41, 5.74) is 0.327. The number of H-pyrrole nitrogens is 1. The summed E-state index contributed by atoms with van der Waals surface area (Å²) in [6, 6.07) is 2.54. The quantitative estimate of drug-likeness (QED) is 0.889. The van der Waals surface area contributed by atoms with Crippen molar-refractivity contribution in [2.75, 3.05) is 0 Å². The summed E-state index contributed by atoms with van der Waals surface area (Å²) in [7, 11) is -3.80. The van der Waals surface area contributed by atoms with Crippen LogP contribution in [-0.4, -0.2) is 18.4 Å². The molecule has 0 saturated carbocycles. The number of sulfonamides is 1. The van der Waals surface area contributed by atoms with Crippen molar-refractivity contribution in [3.8, 4) is 0 Å². The maximum atomic E-state index is 13.2. The van der Waals surface area contributed by atoms with Crippen LogP contribution in [-0.2, 0) is 16.4 Å².